The van der Waals surface area contributed by atoms with E-state index in [1.807, 2.05) is 50.6 Å². The number of carboxylic acid groups (broad SMARTS) is 1. The van der Waals surface area contributed by atoms with E-state index in [-0.39, 0.29) is 11.8 Å². The molecule has 0 saturated carbocycles. The molecule has 0 aliphatic heterocycles. The SMILES string of the molecule is CSCC[C@@H](C(N)=O)N(C)C(=O)[C@H](CC(C)C)NC(=O)[C@H](N)Cc1c[nH]c2ccccc12.O=C(O)C(F)(F)F. The fraction of sp³-hybridized carbons (Fsp3) is 0.520. The number of carboxylic acids is 1. The number of carbonyl (C=O) groups excluding carboxylic acids is 3. The maximum absolute atomic E-state index is 13.2. The molecule has 7 N–H and O–H groups in total. The molecule has 3 atom stereocenters. The quantitative estimate of drug-likeness (QED) is 0.258. The Balaban J connectivity index is 0.000000956. The third-order valence-electron chi connectivity index (χ3n) is 5.75. The third-order valence-corrected chi connectivity index (χ3v) is 6.40. The van der Waals surface area contributed by atoms with Gasteiger partial charge in [0.2, 0.25) is 17.7 Å². The summed E-state index contributed by atoms with van der Waals surface area (Å²) in [7, 11) is 1.56. The lowest BCUT2D eigenvalue weighted by molar-refractivity contribution is -0.192. The summed E-state index contributed by atoms with van der Waals surface area (Å²) in [6.07, 6.45) is -0.0713. The molecule has 3 amide bonds. The Bertz CT molecular complexity index is 1120. The van der Waals surface area contributed by atoms with Crippen LogP contribution >= 0.6 is 11.8 Å². The number of hydrogen-bond acceptors (Lipinski definition) is 6. The molecule has 2 aromatic rings. The van der Waals surface area contributed by atoms with Crippen molar-refractivity contribution in [1.82, 2.24) is 15.2 Å². The highest BCUT2D eigenvalue weighted by molar-refractivity contribution is 7.98. The predicted molar refractivity (Wildman–Crippen MR) is 144 cm³/mol. The molecule has 1 aromatic heterocycles. The van der Waals surface area contributed by atoms with Gasteiger partial charge in [-0.1, -0.05) is 32.0 Å². The lowest BCUT2D eigenvalue weighted by atomic mass is 10.00. The van der Waals surface area contributed by atoms with Crippen molar-refractivity contribution in [3.63, 3.8) is 0 Å². The number of alkyl halides is 3. The van der Waals surface area contributed by atoms with Crippen LogP contribution in [0, 0.1) is 5.92 Å². The molecule has 218 valence electrons. The van der Waals surface area contributed by atoms with Crippen LogP contribution in [0.15, 0.2) is 30.5 Å². The fourth-order valence-electron chi connectivity index (χ4n) is 3.76. The van der Waals surface area contributed by atoms with Gasteiger partial charge in [0, 0.05) is 24.1 Å². The van der Waals surface area contributed by atoms with Crippen LogP contribution in [0.1, 0.15) is 32.3 Å². The van der Waals surface area contributed by atoms with Gasteiger partial charge in [-0.25, -0.2) is 4.79 Å². The number of aromatic amines is 1. The molecule has 1 aromatic carbocycles. The molecule has 0 radical (unpaired) electrons. The third kappa shape index (κ3) is 10.8. The average molecular weight is 576 g/mol. The Labute approximate surface area is 229 Å². The number of primary amides is 1. The van der Waals surface area contributed by atoms with Crippen molar-refractivity contribution >= 4 is 46.4 Å². The number of likely N-dealkylation sites (N-methyl/N-ethyl adjacent to an activating group) is 1. The van der Waals surface area contributed by atoms with Gasteiger partial charge in [-0.15, -0.1) is 0 Å². The zero-order valence-corrected chi connectivity index (χ0v) is 23.1. The number of H-pyrrole nitrogens is 1. The largest absolute Gasteiger partial charge is 0.490 e. The summed E-state index contributed by atoms with van der Waals surface area (Å²) >= 11 is 1.58. The van der Waals surface area contributed by atoms with Crippen LogP contribution in [0.4, 0.5) is 13.2 Å². The molecule has 39 heavy (non-hydrogen) atoms. The summed E-state index contributed by atoms with van der Waals surface area (Å²) in [6, 6.07) is 5.50. The van der Waals surface area contributed by atoms with Crippen LogP contribution in [0.5, 0.6) is 0 Å². The first kappa shape index (κ1) is 33.8. The Morgan fingerprint density at radius 3 is 2.28 bits per heavy atom. The molecule has 10 nitrogen and oxygen atoms in total. The van der Waals surface area contributed by atoms with E-state index in [1.165, 1.54) is 4.90 Å². The highest BCUT2D eigenvalue weighted by Crippen LogP contribution is 2.19. The minimum atomic E-state index is -5.08. The van der Waals surface area contributed by atoms with Crippen LogP contribution in [0.3, 0.4) is 0 Å². The summed E-state index contributed by atoms with van der Waals surface area (Å²) in [6.45, 7) is 3.94. The van der Waals surface area contributed by atoms with E-state index in [9.17, 15) is 27.6 Å². The molecule has 0 aliphatic carbocycles. The Morgan fingerprint density at radius 1 is 1.18 bits per heavy atom. The fourth-order valence-corrected chi connectivity index (χ4v) is 4.22. The monoisotopic (exact) mass is 575 g/mol. The molecule has 0 unspecified atom stereocenters. The van der Waals surface area contributed by atoms with Gasteiger partial charge in [-0.2, -0.15) is 24.9 Å². The van der Waals surface area contributed by atoms with Crippen molar-refractivity contribution < 1.29 is 37.5 Å². The van der Waals surface area contributed by atoms with Crippen LogP contribution in [0.2, 0.25) is 0 Å². The van der Waals surface area contributed by atoms with Crippen LogP contribution < -0.4 is 16.8 Å². The first-order chi connectivity index (χ1) is 18.1. The lowest BCUT2D eigenvalue weighted by Crippen LogP contribution is -2.56. The van der Waals surface area contributed by atoms with E-state index >= 15 is 0 Å². The van der Waals surface area contributed by atoms with E-state index in [0.717, 1.165) is 16.5 Å². The number of amides is 3. The molecule has 2 rings (SSSR count). The number of para-hydroxylation sites is 1. The molecular formula is C25H36F3N5O5S. The number of rotatable bonds is 12. The van der Waals surface area contributed by atoms with Gasteiger partial charge in [0.1, 0.15) is 12.1 Å². The smallest absolute Gasteiger partial charge is 0.475 e. The van der Waals surface area contributed by atoms with Crippen LogP contribution in [0.25, 0.3) is 10.9 Å². The highest BCUT2D eigenvalue weighted by Gasteiger charge is 2.38. The number of hydrogen-bond donors (Lipinski definition) is 5. The van der Waals surface area contributed by atoms with Crippen molar-refractivity contribution in [3.05, 3.63) is 36.0 Å². The number of nitrogens with zero attached hydrogens (tertiary/aromatic N) is 1. The lowest BCUT2D eigenvalue weighted by Gasteiger charge is -2.31. The Kier molecular flexibility index (Phi) is 13.3. The molecule has 0 bridgehead atoms. The van der Waals surface area contributed by atoms with E-state index in [0.29, 0.717) is 25.0 Å². The standard InChI is InChI=1S/C23H35N5O3S.C2HF3O2/c1-14(2)11-19(23(31)28(3)20(21(25)29)9-10-32-4)27-22(30)17(24)12-15-13-26-18-8-6-5-7-16(15)18;3-2(4,5)1(6)7/h5-8,13-14,17,19-20,26H,9-12,24H2,1-4H3,(H2,25,29)(H,27,30);(H,6,7)/t17-,19+,20+;/m1./s1. The minimum absolute atomic E-state index is 0.153. The molecule has 1 heterocycles. The molecule has 0 aliphatic rings. The Morgan fingerprint density at radius 2 is 1.77 bits per heavy atom. The first-order valence-electron chi connectivity index (χ1n) is 12.1. The highest BCUT2D eigenvalue weighted by atomic mass is 32.2. The van der Waals surface area contributed by atoms with Gasteiger partial charge in [-0.3, -0.25) is 14.4 Å². The number of aromatic nitrogens is 1. The summed E-state index contributed by atoms with van der Waals surface area (Å²) in [5.74, 6) is -3.20. The van der Waals surface area contributed by atoms with Crippen LogP contribution in [-0.2, 0) is 25.6 Å². The average Bonchev–Trinajstić information content (AvgIpc) is 3.25. The van der Waals surface area contributed by atoms with Gasteiger partial charge in [0.05, 0.1) is 6.04 Å². The summed E-state index contributed by atoms with van der Waals surface area (Å²) in [5.41, 5.74) is 13.7. The molecule has 0 fully saturated rings. The number of fused-ring (bicyclic) bond motifs is 1. The molecule has 0 spiro atoms. The number of aliphatic carboxylic acids is 1. The maximum atomic E-state index is 13.2. The van der Waals surface area contributed by atoms with E-state index in [2.05, 4.69) is 10.3 Å². The van der Waals surface area contributed by atoms with Gasteiger partial charge < -0.3 is 31.8 Å². The number of nitrogens with one attached hydrogen (secondary N) is 2. The second kappa shape index (κ2) is 15.4. The van der Waals surface area contributed by atoms with Gasteiger partial charge in [0.15, 0.2) is 0 Å². The molecule has 14 heteroatoms. The van der Waals surface area contributed by atoms with E-state index in [4.69, 9.17) is 21.4 Å². The van der Waals surface area contributed by atoms with Crippen molar-refractivity contribution in [1.29, 1.82) is 0 Å². The van der Waals surface area contributed by atoms with Crippen LogP contribution in [-0.4, -0.2) is 82.0 Å². The van der Waals surface area contributed by atoms with Crippen molar-refractivity contribution in [3.8, 4) is 0 Å². The summed E-state index contributed by atoms with van der Waals surface area (Å²) in [4.78, 5) is 51.4. The molecular weight excluding hydrogens is 539 g/mol. The zero-order chi connectivity index (χ0) is 29.9. The second-order valence-electron chi connectivity index (χ2n) is 9.31. The summed E-state index contributed by atoms with van der Waals surface area (Å²) in [5, 5.41) is 11.0. The molecule has 0 saturated heterocycles. The number of thioether (sulfide) groups is 1. The minimum Gasteiger partial charge on any atom is -0.475 e. The second-order valence-corrected chi connectivity index (χ2v) is 10.3. The van der Waals surface area contributed by atoms with Gasteiger partial charge >= 0.3 is 12.1 Å². The van der Waals surface area contributed by atoms with Gasteiger partial charge in [-0.05, 0) is 48.8 Å². The van der Waals surface area contributed by atoms with Gasteiger partial charge in [0.25, 0.3) is 0 Å². The van der Waals surface area contributed by atoms with Crippen molar-refractivity contribution in [2.24, 2.45) is 17.4 Å². The predicted octanol–water partition coefficient (Wildman–Crippen LogP) is 2.27. The van der Waals surface area contributed by atoms with E-state index < -0.39 is 42.1 Å². The first-order valence-corrected chi connectivity index (χ1v) is 13.4. The zero-order valence-electron chi connectivity index (χ0n) is 22.2. The van der Waals surface area contributed by atoms with E-state index in [1.54, 1.807) is 18.8 Å². The topological polar surface area (TPSA) is 172 Å². The number of nitrogens with two attached hydrogens (primary N) is 2. The number of carbonyl (C=O) groups is 4. The Hall–Kier alpha value is -3.26. The number of halogens is 3. The van der Waals surface area contributed by atoms with Crippen molar-refractivity contribution in [2.45, 2.75) is 57.4 Å². The summed E-state index contributed by atoms with van der Waals surface area (Å²) < 4.78 is 31.7. The normalized spacial score (nSPS) is 13.7. The van der Waals surface area contributed by atoms with Crippen molar-refractivity contribution in [2.75, 3.05) is 19.1 Å². The number of benzene rings is 1. The maximum Gasteiger partial charge on any atom is 0.490 e.